The van der Waals surface area contributed by atoms with E-state index < -0.39 is 12.2 Å². The first kappa shape index (κ1) is 14.0. The van der Waals surface area contributed by atoms with Crippen LogP contribution in [0.5, 0.6) is 0 Å². The van der Waals surface area contributed by atoms with Gasteiger partial charge in [-0.1, -0.05) is 0 Å². The van der Waals surface area contributed by atoms with Crippen LogP contribution in [-0.4, -0.2) is 42.9 Å². The summed E-state index contributed by atoms with van der Waals surface area (Å²) in [7, 11) is 0. The third-order valence-electron chi connectivity index (χ3n) is 4.89. The van der Waals surface area contributed by atoms with Gasteiger partial charge in [0.05, 0.1) is 5.69 Å². The quantitative estimate of drug-likeness (QED) is 0.864. The molecule has 2 saturated heterocycles. The lowest BCUT2D eigenvalue weighted by Gasteiger charge is -2.41. The van der Waals surface area contributed by atoms with Crippen molar-refractivity contribution in [2.24, 2.45) is 0 Å². The first-order valence-corrected chi connectivity index (χ1v) is 7.88. The van der Waals surface area contributed by atoms with Gasteiger partial charge in [0.25, 0.3) is 0 Å². The van der Waals surface area contributed by atoms with Crippen LogP contribution in [-0.2, 0) is 0 Å². The average Bonchev–Trinajstić information content (AvgIpc) is 2.96. The van der Waals surface area contributed by atoms with Crippen molar-refractivity contribution in [2.45, 2.75) is 43.9 Å². The predicted molar refractivity (Wildman–Crippen MR) is 79.5 cm³/mol. The minimum Gasteiger partial charge on any atom is -0.366 e. The lowest BCUT2D eigenvalue weighted by molar-refractivity contribution is -0.146. The standard InChI is InChI=1S/C15H19F3N4/c16-15(17,18)12-4-2-8-22(12)13-6-5-11-14(20-13)19-10-3-1-7-21(11)9-10/h5-6,10,12H,1-4,7-9H2,(H,19,20)/t10-,12+/m0/s1. The van der Waals surface area contributed by atoms with Crippen molar-refractivity contribution in [1.82, 2.24) is 4.98 Å². The van der Waals surface area contributed by atoms with Gasteiger partial charge in [0.15, 0.2) is 5.82 Å². The molecule has 7 heteroatoms. The summed E-state index contributed by atoms with van der Waals surface area (Å²) in [5.41, 5.74) is 1.02. The summed E-state index contributed by atoms with van der Waals surface area (Å²) in [5.74, 6) is 1.17. The van der Waals surface area contributed by atoms with Gasteiger partial charge >= 0.3 is 6.18 Å². The van der Waals surface area contributed by atoms with Crippen molar-refractivity contribution in [2.75, 3.05) is 34.8 Å². The minimum atomic E-state index is -4.19. The second-order valence-electron chi connectivity index (χ2n) is 6.36. The molecule has 1 aromatic heterocycles. The molecule has 3 aliphatic rings. The van der Waals surface area contributed by atoms with Crippen LogP contribution in [0.2, 0.25) is 0 Å². The first-order chi connectivity index (χ1) is 10.5. The fraction of sp³-hybridized carbons (Fsp3) is 0.667. The average molecular weight is 312 g/mol. The molecule has 4 nitrogen and oxygen atoms in total. The van der Waals surface area contributed by atoms with Crippen LogP contribution in [0, 0.1) is 0 Å². The Labute approximate surface area is 127 Å². The largest absolute Gasteiger partial charge is 0.408 e. The molecule has 0 aliphatic carbocycles. The lowest BCUT2D eigenvalue weighted by atomic mass is 10.0. The van der Waals surface area contributed by atoms with Crippen molar-refractivity contribution >= 4 is 17.3 Å². The molecule has 0 saturated carbocycles. The zero-order valence-corrected chi connectivity index (χ0v) is 12.2. The Morgan fingerprint density at radius 1 is 1.14 bits per heavy atom. The van der Waals surface area contributed by atoms with Gasteiger partial charge in [0, 0.05) is 25.7 Å². The normalized spacial score (nSPS) is 27.6. The molecule has 4 heterocycles. The van der Waals surface area contributed by atoms with E-state index in [9.17, 15) is 13.2 Å². The second-order valence-corrected chi connectivity index (χ2v) is 6.36. The fourth-order valence-electron chi connectivity index (χ4n) is 3.85. The Bertz CT molecular complexity index is 574. The van der Waals surface area contributed by atoms with E-state index in [4.69, 9.17) is 0 Å². The molecule has 22 heavy (non-hydrogen) atoms. The van der Waals surface area contributed by atoms with Gasteiger partial charge in [-0.05, 0) is 37.8 Å². The molecule has 0 unspecified atom stereocenters. The van der Waals surface area contributed by atoms with E-state index in [1.54, 1.807) is 6.07 Å². The molecule has 120 valence electrons. The minimum absolute atomic E-state index is 0.157. The molecule has 2 atom stereocenters. The summed E-state index contributed by atoms with van der Waals surface area (Å²) >= 11 is 0. The zero-order chi connectivity index (χ0) is 15.3. The Balaban J connectivity index is 1.65. The molecular formula is C15H19F3N4. The molecule has 2 fully saturated rings. The van der Waals surface area contributed by atoms with Crippen LogP contribution in [0.1, 0.15) is 25.7 Å². The second kappa shape index (κ2) is 4.93. The maximum absolute atomic E-state index is 13.1. The van der Waals surface area contributed by atoms with E-state index in [1.165, 1.54) is 4.90 Å². The van der Waals surface area contributed by atoms with E-state index in [0.717, 1.165) is 37.4 Å². The number of halogens is 3. The molecule has 0 radical (unpaired) electrons. The smallest absolute Gasteiger partial charge is 0.366 e. The van der Waals surface area contributed by atoms with Gasteiger partial charge < -0.3 is 15.1 Å². The van der Waals surface area contributed by atoms with E-state index in [2.05, 4.69) is 15.2 Å². The molecule has 1 aromatic rings. The fourth-order valence-corrected chi connectivity index (χ4v) is 3.85. The lowest BCUT2D eigenvalue weighted by Crippen LogP contribution is -2.47. The summed E-state index contributed by atoms with van der Waals surface area (Å²) < 4.78 is 39.4. The molecule has 0 amide bonds. The molecule has 1 N–H and O–H groups in total. The van der Waals surface area contributed by atoms with Gasteiger partial charge in [-0.25, -0.2) is 4.98 Å². The maximum atomic E-state index is 13.1. The SMILES string of the molecule is FC(F)(F)[C@H]1CCCN1c1ccc2c(n1)N[C@H]1CCCN2C1. The number of pyridine rings is 1. The maximum Gasteiger partial charge on any atom is 0.408 e. The number of nitrogens with one attached hydrogen (secondary N) is 1. The highest BCUT2D eigenvalue weighted by Gasteiger charge is 2.46. The van der Waals surface area contributed by atoms with Crippen molar-refractivity contribution < 1.29 is 13.2 Å². The number of hydrogen-bond acceptors (Lipinski definition) is 4. The van der Waals surface area contributed by atoms with Gasteiger partial charge in [0.2, 0.25) is 0 Å². The number of piperidine rings is 1. The van der Waals surface area contributed by atoms with Gasteiger partial charge in [-0.3, -0.25) is 0 Å². The Morgan fingerprint density at radius 3 is 2.77 bits per heavy atom. The topological polar surface area (TPSA) is 31.4 Å². The number of hydrogen-bond donors (Lipinski definition) is 1. The number of anilines is 3. The number of alkyl halides is 3. The highest BCUT2D eigenvalue weighted by molar-refractivity contribution is 5.72. The summed E-state index contributed by atoms with van der Waals surface area (Å²) in [6.07, 6.45) is -1.24. The van der Waals surface area contributed by atoms with Gasteiger partial charge in [-0.15, -0.1) is 0 Å². The predicted octanol–water partition coefficient (Wildman–Crippen LogP) is 3.01. The highest BCUT2D eigenvalue weighted by atomic mass is 19.4. The van der Waals surface area contributed by atoms with E-state index in [0.29, 0.717) is 24.8 Å². The highest BCUT2D eigenvalue weighted by Crippen LogP contribution is 2.39. The molecule has 0 aromatic carbocycles. The summed E-state index contributed by atoms with van der Waals surface area (Å²) in [5, 5.41) is 3.39. The molecule has 4 rings (SSSR count). The molecule has 0 spiro atoms. The number of nitrogens with zero attached hydrogens (tertiary/aromatic N) is 3. The number of fused-ring (bicyclic) bond motifs is 4. The van der Waals surface area contributed by atoms with Crippen LogP contribution in [0.4, 0.5) is 30.5 Å². The number of aromatic nitrogens is 1. The number of rotatable bonds is 1. The third kappa shape index (κ3) is 2.27. The van der Waals surface area contributed by atoms with Crippen molar-refractivity contribution in [3.63, 3.8) is 0 Å². The van der Waals surface area contributed by atoms with Crippen molar-refractivity contribution in [3.8, 4) is 0 Å². The van der Waals surface area contributed by atoms with Gasteiger partial charge in [0.1, 0.15) is 11.9 Å². The zero-order valence-electron chi connectivity index (χ0n) is 12.2. The Kier molecular flexibility index (Phi) is 3.13. The van der Waals surface area contributed by atoms with E-state index in [-0.39, 0.29) is 6.42 Å². The Hall–Kier alpha value is -1.66. The third-order valence-corrected chi connectivity index (χ3v) is 4.89. The summed E-state index contributed by atoms with van der Waals surface area (Å²) in [6.45, 7) is 2.38. The van der Waals surface area contributed by atoms with Gasteiger partial charge in [-0.2, -0.15) is 13.2 Å². The van der Waals surface area contributed by atoms with Crippen LogP contribution in [0.15, 0.2) is 12.1 Å². The molecule has 3 aliphatic heterocycles. The van der Waals surface area contributed by atoms with Crippen molar-refractivity contribution in [1.29, 1.82) is 0 Å². The van der Waals surface area contributed by atoms with Crippen LogP contribution < -0.4 is 15.1 Å². The van der Waals surface area contributed by atoms with Crippen LogP contribution >= 0.6 is 0 Å². The van der Waals surface area contributed by atoms with E-state index in [1.807, 2.05) is 6.07 Å². The monoisotopic (exact) mass is 312 g/mol. The van der Waals surface area contributed by atoms with Crippen LogP contribution in [0.25, 0.3) is 0 Å². The van der Waals surface area contributed by atoms with Crippen molar-refractivity contribution in [3.05, 3.63) is 12.1 Å². The van der Waals surface area contributed by atoms with E-state index >= 15 is 0 Å². The summed E-state index contributed by atoms with van der Waals surface area (Å²) in [6, 6.07) is 2.61. The first-order valence-electron chi connectivity index (χ1n) is 7.88. The van der Waals surface area contributed by atoms with Crippen LogP contribution in [0.3, 0.4) is 0 Å². The Morgan fingerprint density at radius 2 is 1.95 bits per heavy atom. The molecular weight excluding hydrogens is 293 g/mol. The summed E-state index contributed by atoms with van der Waals surface area (Å²) in [4.78, 5) is 8.20. The molecule has 2 bridgehead atoms.